The van der Waals surface area contributed by atoms with Gasteiger partial charge in [0, 0.05) is 25.2 Å². The first-order chi connectivity index (χ1) is 11.6. The Hall–Kier alpha value is -2.66. The Labute approximate surface area is 141 Å². The number of amides is 2. The normalized spacial score (nSPS) is 15.5. The Kier molecular flexibility index (Phi) is 4.91. The third kappa shape index (κ3) is 3.63. The molecule has 1 atom stereocenters. The van der Waals surface area contributed by atoms with Crippen LogP contribution in [0.4, 0.5) is 5.69 Å². The molecule has 0 radical (unpaired) electrons. The molecule has 3 rings (SSSR count). The van der Waals surface area contributed by atoms with E-state index in [2.05, 4.69) is 5.32 Å². The van der Waals surface area contributed by atoms with Crippen molar-refractivity contribution in [1.29, 1.82) is 0 Å². The average Bonchev–Trinajstić information content (AvgIpc) is 3.02. The van der Waals surface area contributed by atoms with Gasteiger partial charge in [0.1, 0.15) is 6.04 Å². The zero-order valence-corrected chi connectivity index (χ0v) is 13.4. The number of benzene rings is 2. The molecular weight excluding hydrogens is 302 g/mol. The Morgan fingerprint density at radius 3 is 2.62 bits per heavy atom. The van der Waals surface area contributed by atoms with Gasteiger partial charge >= 0.3 is 0 Å². The molecule has 2 amide bonds. The lowest BCUT2D eigenvalue weighted by molar-refractivity contribution is -0.120. The minimum absolute atomic E-state index is 0.166. The summed E-state index contributed by atoms with van der Waals surface area (Å²) in [5, 5.41) is 3.20. The highest BCUT2D eigenvalue weighted by atomic mass is 16.2. The van der Waals surface area contributed by atoms with E-state index in [1.807, 2.05) is 59.5 Å². The number of hydrogen-bond acceptors (Lipinski definition) is 3. The number of nitrogens with two attached hydrogens (primary N) is 1. The van der Waals surface area contributed by atoms with Gasteiger partial charge in [0.25, 0.3) is 0 Å². The van der Waals surface area contributed by atoms with Crippen LogP contribution in [0.25, 0.3) is 0 Å². The molecule has 1 aliphatic heterocycles. The first-order valence-electron chi connectivity index (χ1n) is 8.12. The first kappa shape index (κ1) is 16.2. The molecule has 124 valence electrons. The molecule has 0 saturated carbocycles. The van der Waals surface area contributed by atoms with Gasteiger partial charge in [-0.2, -0.15) is 0 Å². The number of hydrogen-bond donors (Lipinski definition) is 2. The van der Waals surface area contributed by atoms with E-state index in [-0.39, 0.29) is 5.91 Å². The van der Waals surface area contributed by atoms with Crippen molar-refractivity contribution in [3.05, 3.63) is 65.7 Å². The summed E-state index contributed by atoms with van der Waals surface area (Å²) < 4.78 is 0. The summed E-state index contributed by atoms with van der Waals surface area (Å²) in [4.78, 5) is 25.4. The van der Waals surface area contributed by atoms with E-state index < -0.39 is 11.9 Å². The second-order valence-electron chi connectivity index (χ2n) is 5.95. The van der Waals surface area contributed by atoms with Crippen molar-refractivity contribution < 1.29 is 9.59 Å². The van der Waals surface area contributed by atoms with Crippen molar-refractivity contribution >= 4 is 17.5 Å². The summed E-state index contributed by atoms with van der Waals surface area (Å²) in [5.74, 6) is -0.244. The average molecular weight is 323 g/mol. The Morgan fingerprint density at radius 1 is 1.17 bits per heavy atom. The van der Waals surface area contributed by atoms with Crippen LogP contribution >= 0.6 is 0 Å². The van der Waals surface area contributed by atoms with Crippen LogP contribution in [0.2, 0.25) is 0 Å². The number of nitrogens with one attached hydrogen (secondary N) is 1. The van der Waals surface area contributed by atoms with E-state index >= 15 is 0 Å². The van der Waals surface area contributed by atoms with E-state index in [0.717, 1.165) is 29.8 Å². The zero-order chi connectivity index (χ0) is 16.9. The summed E-state index contributed by atoms with van der Waals surface area (Å²) >= 11 is 0. The Bertz CT molecular complexity index is 730. The van der Waals surface area contributed by atoms with Gasteiger partial charge in [-0.25, -0.2) is 0 Å². The maximum Gasteiger partial charge on any atom is 0.239 e. The Morgan fingerprint density at radius 2 is 1.96 bits per heavy atom. The van der Waals surface area contributed by atoms with Crippen LogP contribution in [0.1, 0.15) is 30.0 Å². The molecule has 3 N–H and O–H groups in total. The van der Waals surface area contributed by atoms with Gasteiger partial charge in [0.15, 0.2) is 0 Å². The van der Waals surface area contributed by atoms with Crippen molar-refractivity contribution in [3.63, 3.8) is 0 Å². The number of rotatable bonds is 6. The third-order valence-electron chi connectivity index (χ3n) is 4.22. The fourth-order valence-electron chi connectivity index (χ4n) is 3.00. The number of carbonyl (C=O) groups excluding carboxylic acids is 2. The minimum atomic E-state index is -0.539. The van der Waals surface area contributed by atoms with E-state index in [4.69, 9.17) is 5.73 Å². The van der Waals surface area contributed by atoms with E-state index in [9.17, 15) is 9.59 Å². The largest absolute Gasteiger partial charge is 0.368 e. The minimum Gasteiger partial charge on any atom is -0.368 e. The molecule has 2 aromatic carbocycles. The summed E-state index contributed by atoms with van der Waals surface area (Å²) in [6.45, 7) is 1.27. The van der Waals surface area contributed by atoms with Crippen LogP contribution in [0.5, 0.6) is 0 Å². The Balaban J connectivity index is 1.71. The van der Waals surface area contributed by atoms with Crippen LogP contribution in [0.3, 0.4) is 0 Å². The van der Waals surface area contributed by atoms with Crippen LogP contribution in [-0.2, 0) is 16.1 Å². The maximum absolute atomic E-state index is 11.9. The van der Waals surface area contributed by atoms with Gasteiger partial charge in [0.2, 0.25) is 11.8 Å². The molecule has 0 unspecified atom stereocenters. The number of primary amides is 1. The van der Waals surface area contributed by atoms with Gasteiger partial charge in [0.05, 0.1) is 0 Å². The zero-order valence-electron chi connectivity index (χ0n) is 13.4. The molecule has 0 aromatic heterocycles. The van der Waals surface area contributed by atoms with Gasteiger partial charge in [-0.15, -0.1) is 0 Å². The quantitative estimate of drug-likeness (QED) is 0.855. The molecule has 1 heterocycles. The topological polar surface area (TPSA) is 75.4 Å². The van der Waals surface area contributed by atoms with Gasteiger partial charge in [-0.1, -0.05) is 42.5 Å². The summed E-state index contributed by atoms with van der Waals surface area (Å²) in [7, 11) is 0. The standard InChI is InChI=1S/C19H21N3O2/c20-19(24)18(15-7-2-1-3-8-15)21-13-14-6-4-9-16(12-14)22-11-5-10-17(22)23/h1-4,6-9,12,18,21H,5,10-11,13H2,(H2,20,24)/t18-/m1/s1. The molecular formula is C19H21N3O2. The SMILES string of the molecule is NC(=O)[C@H](NCc1cccc(N2CCCC2=O)c1)c1ccccc1. The van der Waals surface area contributed by atoms with E-state index in [1.54, 1.807) is 0 Å². The van der Waals surface area contributed by atoms with Crippen LogP contribution in [0.15, 0.2) is 54.6 Å². The van der Waals surface area contributed by atoms with E-state index in [1.165, 1.54) is 0 Å². The molecule has 0 spiro atoms. The third-order valence-corrected chi connectivity index (χ3v) is 4.22. The molecule has 24 heavy (non-hydrogen) atoms. The van der Waals surface area contributed by atoms with Crippen molar-refractivity contribution in [2.45, 2.75) is 25.4 Å². The predicted octanol–water partition coefficient (Wildman–Crippen LogP) is 2.13. The van der Waals surface area contributed by atoms with Crippen LogP contribution < -0.4 is 16.0 Å². The smallest absolute Gasteiger partial charge is 0.239 e. The first-order valence-corrected chi connectivity index (χ1v) is 8.12. The van der Waals surface area contributed by atoms with Crippen LogP contribution in [-0.4, -0.2) is 18.4 Å². The molecule has 1 aliphatic rings. The number of nitrogens with zero attached hydrogens (tertiary/aromatic N) is 1. The summed E-state index contributed by atoms with van der Waals surface area (Å²) in [6, 6.07) is 16.7. The second-order valence-corrected chi connectivity index (χ2v) is 5.95. The predicted molar refractivity (Wildman–Crippen MR) is 93.2 cm³/mol. The molecule has 5 nitrogen and oxygen atoms in total. The number of anilines is 1. The highest BCUT2D eigenvalue weighted by Crippen LogP contribution is 2.22. The molecule has 0 bridgehead atoms. The van der Waals surface area contributed by atoms with Crippen molar-refractivity contribution in [2.75, 3.05) is 11.4 Å². The molecule has 0 aliphatic carbocycles. The highest BCUT2D eigenvalue weighted by molar-refractivity contribution is 5.95. The maximum atomic E-state index is 11.9. The summed E-state index contributed by atoms with van der Waals surface area (Å²) in [5.41, 5.74) is 8.29. The molecule has 5 heteroatoms. The van der Waals surface area contributed by atoms with Crippen molar-refractivity contribution in [2.24, 2.45) is 5.73 Å². The highest BCUT2D eigenvalue weighted by Gasteiger charge is 2.22. The summed E-state index contributed by atoms with van der Waals surface area (Å²) in [6.07, 6.45) is 1.51. The van der Waals surface area contributed by atoms with Gasteiger partial charge in [-0.3, -0.25) is 14.9 Å². The van der Waals surface area contributed by atoms with Crippen molar-refractivity contribution in [1.82, 2.24) is 5.32 Å². The second kappa shape index (κ2) is 7.27. The number of carbonyl (C=O) groups is 2. The molecule has 2 aromatic rings. The molecule has 1 saturated heterocycles. The van der Waals surface area contributed by atoms with Crippen molar-refractivity contribution in [3.8, 4) is 0 Å². The fourth-order valence-corrected chi connectivity index (χ4v) is 3.00. The molecule has 1 fully saturated rings. The monoisotopic (exact) mass is 323 g/mol. The van der Waals surface area contributed by atoms with E-state index in [0.29, 0.717) is 13.0 Å². The lowest BCUT2D eigenvalue weighted by Crippen LogP contribution is -2.33. The van der Waals surface area contributed by atoms with Crippen LogP contribution in [0, 0.1) is 0 Å². The lowest BCUT2D eigenvalue weighted by Gasteiger charge is -2.18. The van der Waals surface area contributed by atoms with Gasteiger partial charge < -0.3 is 10.6 Å². The van der Waals surface area contributed by atoms with Gasteiger partial charge in [-0.05, 0) is 29.7 Å². The lowest BCUT2D eigenvalue weighted by atomic mass is 10.1. The fraction of sp³-hybridized carbons (Fsp3) is 0.263.